The van der Waals surface area contributed by atoms with Gasteiger partial charge in [-0.3, -0.25) is 0 Å². The van der Waals surface area contributed by atoms with E-state index in [0.717, 1.165) is 44.9 Å². The summed E-state index contributed by atoms with van der Waals surface area (Å²) in [6, 6.07) is 6.48. The maximum atomic E-state index is 5.50. The van der Waals surface area contributed by atoms with Crippen molar-refractivity contribution >= 4 is 0 Å². The van der Waals surface area contributed by atoms with E-state index in [9.17, 15) is 0 Å². The molecule has 0 atom stereocenters. The molecular weight excluding hydrogens is 226 g/mol. The maximum absolute atomic E-state index is 5.50. The normalized spacial score (nSPS) is 13.7. The Morgan fingerprint density at radius 2 is 2.28 bits per heavy atom. The van der Waals surface area contributed by atoms with Crippen molar-refractivity contribution in [1.82, 2.24) is 5.32 Å². The first-order valence-electron chi connectivity index (χ1n) is 6.82. The Morgan fingerprint density at radius 1 is 1.39 bits per heavy atom. The topological polar surface area (TPSA) is 30.5 Å². The zero-order valence-electron chi connectivity index (χ0n) is 11.4. The highest BCUT2D eigenvalue weighted by Gasteiger charge is 2.11. The van der Waals surface area contributed by atoms with Crippen LogP contribution in [0.3, 0.4) is 0 Å². The molecule has 3 heteroatoms. The molecule has 0 saturated heterocycles. The molecule has 0 aliphatic carbocycles. The first kappa shape index (κ1) is 13.4. The van der Waals surface area contributed by atoms with Crippen LogP contribution in [0.4, 0.5) is 0 Å². The Morgan fingerprint density at radius 3 is 3.11 bits per heavy atom. The highest BCUT2D eigenvalue weighted by Crippen LogP contribution is 2.25. The van der Waals surface area contributed by atoms with E-state index in [1.807, 2.05) is 0 Å². The quantitative estimate of drug-likeness (QED) is 0.753. The molecule has 1 heterocycles. The average molecular weight is 249 g/mol. The molecule has 18 heavy (non-hydrogen) atoms. The Kier molecular flexibility index (Phi) is 5.02. The van der Waals surface area contributed by atoms with Crippen LogP contribution < -0.4 is 10.1 Å². The summed E-state index contributed by atoms with van der Waals surface area (Å²) in [5.74, 6) is 1.06. The van der Waals surface area contributed by atoms with Gasteiger partial charge in [0.2, 0.25) is 0 Å². The number of ether oxygens (including phenoxy) is 2. The average Bonchev–Trinajstić information content (AvgIpc) is 2.80. The smallest absolute Gasteiger partial charge is 0.122 e. The van der Waals surface area contributed by atoms with Crippen molar-refractivity contribution in [2.24, 2.45) is 0 Å². The van der Waals surface area contributed by atoms with Gasteiger partial charge in [-0.25, -0.2) is 0 Å². The van der Waals surface area contributed by atoms with Crippen LogP contribution in [0.2, 0.25) is 0 Å². The molecule has 1 aliphatic rings. The molecule has 1 aromatic rings. The first-order chi connectivity index (χ1) is 8.75. The molecule has 0 aromatic heterocycles. The molecule has 2 rings (SSSR count). The molecule has 100 valence electrons. The zero-order chi connectivity index (χ0) is 12.8. The molecule has 0 fully saturated rings. The molecule has 0 unspecified atom stereocenters. The van der Waals surface area contributed by atoms with Crippen molar-refractivity contribution in [2.75, 3.05) is 19.8 Å². The number of hydrogen-bond acceptors (Lipinski definition) is 3. The zero-order valence-corrected chi connectivity index (χ0v) is 11.4. The van der Waals surface area contributed by atoms with Crippen LogP contribution in [-0.4, -0.2) is 25.9 Å². The second kappa shape index (κ2) is 6.76. The van der Waals surface area contributed by atoms with Crippen molar-refractivity contribution < 1.29 is 9.47 Å². The first-order valence-corrected chi connectivity index (χ1v) is 6.82. The van der Waals surface area contributed by atoms with Gasteiger partial charge in [-0.2, -0.15) is 0 Å². The molecule has 0 saturated carbocycles. The second-order valence-electron chi connectivity index (χ2n) is 4.99. The minimum atomic E-state index is 0.335. The Bertz CT molecular complexity index is 377. The van der Waals surface area contributed by atoms with Crippen molar-refractivity contribution in [3.63, 3.8) is 0 Å². The number of benzene rings is 1. The van der Waals surface area contributed by atoms with Gasteiger partial charge in [0.05, 0.1) is 12.7 Å². The van der Waals surface area contributed by atoms with Crippen molar-refractivity contribution in [1.29, 1.82) is 0 Å². The summed E-state index contributed by atoms with van der Waals surface area (Å²) in [6.45, 7) is 7.73. The largest absolute Gasteiger partial charge is 0.493 e. The summed E-state index contributed by atoms with van der Waals surface area (Å²) in [7, 11) is 0. The van der Waals surface area contributed by atoms with Crippen LogP contribution >= 0.6 is 0 Å². The van der Waals surface area contributed by atoms with E-state index in [2.05, 4.69) is 37.4 Å². The minimum absolute atomic E-state index is 0.335. The Hall–Kier alpha value is -1.06. The lowest BCUT2D eigenvalue weighted by molar-refractivity contribution is 0.0770. The van der Waals surface area contributed by atoms with Crippen LogP contribution in [0.25, 0.3) is 0 Å². The van der Waals surface area contributed by atoms with Gasteiger partial charge >= 0.3 is 0 Å². The van der Waals surface area contributed by atoms with Crippen molar-refractivity contribution in [3.05, 3.63) is 29.3 Å². The van der Waals surface area contributed by atoms with Gasteiger partial charge in [0.1, 0.15) is 5.75 Å². The predicted molar refractivity (Wildman–Crippen MR) is 73.1 cm³/mol. The van der Waals surface area contributed by atoms with Crippen molar-refractivity contribution in [3.8, 4) is 5.75 Å². The van der Waals surface area contributed by atoms with Gasteiger partial charge in [0.25, 0.3) is 0 Å². The lowest BCUT2D eigenvalue weighted by Gasteiger charge is -2.08. The van der Waals surface area contributed by atoms with Gasteiger partial charge in [-0.05, 0) is 44.0 Å². The molecule has 0 bridgehead atoms. The molecular formula is C15H23NO2. The van der Waals surface area contributed by atoms with E-state index >= 15 is 0 Å². The van der Waals surface area contributed by atoms with Gasteiger partial charge < -0.3 is 14.8 Å². The van der Waals surface area contributed by atoms with Gasteiger partial charge in [-0.15, -0.1) is 0 Å². The molecule has 0 amide bonds. The summed E-state index contributed by atoms with van der Waals surface area (Å²) >= 11 is 0. The van der Waals surface area contributed by atoms with Crippen LogP contribution in [0.1, 0.15) is 31.4 Å². The van der Waals surface area contributed by atoms with E-state index in [4.69, 9.17) is 9.47 Å². The van der Waals surface area contributed by atoms with Gasteiger partial charge in [-0.1, -0.05) is 12.1 Å². The molecule has 1 N–H and O–H groups in total. The third-order valence-corrected chi connectivity index (χ3v) is 3.03. The highest BCUT2D eigenvalue weighted by molar-refractivity contribution is 5.39. The molecule has 1 aromatic carbocycles. The Balaban J connectivity index is 1.65. The van der Waals surface area contributed by atoms with Crippen LogP contribution in [0.15, 0.2) is 18.2 Å². The standard InChI is InChI=1S/C15H23NO2/c1-12(2)17-8-3-7-16-11-13-4-5-15-14(10-13)6-9-18-15/h4-5,10,12,16H,3,6-9,11H2,1-2H3. The van der Waals surface area contributed by atoms with Crippen LogP contribution in [0.5, 0.6) is 5.75 Å². The second-order valence-corrected chi connectivity index (χ2v) is 4.99. The van der Waals surface area contributed by atoms with Gasteiger partial charge in [0.15, 0.2) is 0 Å². The third kappa shape index (κ3) is 4.00. The van der Waals surface area contributed by atoms with Crippen LogP contribution in [0, 0.1) is 0 Å². The van der Waals surface area contributed by atoms with Crippen molar-refractivity contribution in [2.45, 2.75) is 39.3 Å². The lowest BCUT2D eigenvalue weighted by Crippen LogP contribution is -2.17. The summed E-state index contributed by atoms with van der Waals surface area (Å²) in [5.41, 5.74) is 2.68. The van der Waals surface area contributed by atoms with E-state index in [1.54, 1.807) is 0 Å². The highest BCUT2D eigenvalue weighted by atomic mass is 16.5. The van der Waals surface area contributed by atoms with Crippen LogP contribution in [-0.2, 0) is 17.7 Å². The van der Waals surface area contributed by atoms with E-state index in [0.29, 0.717) is 6.10 Å². The monoisotopic (exact) mass is 249 g/mol. The fourth-order valence-electron chi connectivity index (χ4n) is 2.10. The molecule has 3 nitrogen and oxygen atoms in total. The number of nitrogens with one attached hydrogen (secondary N) is 1. The number of hydrogen-bond donors (Lipinski definition) is 1. The summed E-state index contributed by atoms with van der Waals surface area (Å²) in [5, 5.41) is 3.45. The lowest BCUT2D eigenvalue weighted by atomic mass is 10.1. The summed E-state index contributed by atoms with van der Waals surface area (Å²) in [4.78, 5) is 0. The number of rotatable bonds is 7. The Labute approximate surface area is 109 Å². The summed E-state index contributed by atoms with van der Waals surface area (Å²) in [6.07, 6.45) is 2.44. The van der Waals surface area contributed by atoms with Gasteiger partial charge in [0, 0.05) is 19.6 Å². The fourth-order valence-corrected chi connectivity index (χ4v) is 2.10. The third-order valence-electron chi connectivity index (χ3n) is 3.03. The predicted octanol–water partition coefficient (Wildman–Crippen LogP) is 2.53. The minimum Gasteiger partial charge on any atom is -0.493 e. The SMILES string of the molecule is CC(C)OCCCNCc1ccc2c(c1)CCO2. The fraction of sp³-hybridized carbons (Fsp3) is 0.600. The molecule has 1 aliphatic heterocycles. The maximum Gasteiger partial charge on any atom is 0.122 e. The van der Waals surface area contributed by atoms with E-state index in [1.165, 1.54) is 11.1 Å². The number of fused-ring (bicyclic) bond motifs is 1. The van der Waals surface area contributed by atoms with E-state index in [-0.39, 0.29) is 0 Å². The van der Waals surface area contributed by atoms with E-state index < -0.39 is 0 Å². The molecule has 0 radical (unpaired) electrons. The molecule has 0 spiro atoms. The summed E-state index contributed by atoms with van der Waals surface area (Å²) < 4.78 is 11.0.